The smallest absolute Gasteiger partial charge is 0.229 e. The van der Waals surface area contributed by atoms with Crippen molar-refractivity contribution in [3.8, 4) is 5.88 Å². The fourth-order valence-electron chi connectivity index (χ4n) is 3.31. The Morgan fingerprint density at radius 2 is 2.36 bits per heavy atom. The van der Waals surface area contributed by atoms with E-state index in [-0.39, 0.29) is 11.8 Å². The van der Waals surface area contributed by atoms with Gasteiger partial charge in [0, 0.05) is 18.3 Å². The first kappa shape index (κ1) is 17.5. The maximum atomic E-state index is 12.7. The highest BCUT2D eigenvalue weighted by atomic mass is 16.5. The Balaban J connectivity index is 1.64. The molecule has 2 atom stereocenters. The van der Waals surface area contributed by atoms with Gasteiger partial charge in [-0.15, -0.1) is 0 Å². The van der Waals surface area contributed by atoms with Gasteiger partial charge in [-0.05, 0) is 36.8 Å². The summed E-state index contributed by atoms with van der Waals surface area (Å²) in [4.78, 5) is 17.0. The van der Waals surface area contributed by atoms with Crippen molar-refractivity contribution < 1.29 is 9.53 Å². The topological polar surface area (TPSA) is 79.9 Å². The van der Waals surface area contributed by atoms with E-state index in [9.17, 15) is 4.79 Å². The number of amides is 1. The van der Waals surface area contributed by atoms with Crippen LogP contribution >= 0.6 is 0 Å². The lowest BCUT2D eigenvalue weighted by molar-refractivity contribution is -0.123. The molecule has 134 valence electrons. The van der Waals surface area contributed by atoms with E-state index in [2.05, 4.69) is 34.3 Å². The minimum absolute atomic E-state index is 0.0282. The molecular weight excluding hydrogens is 316 g/mol. The summed E-state index contributed by atoms with van der Waals surface area (Å²) in [5.74, 6) is 0.950. The van der Waals surface area contributed by atoms with Crippen LogP contribution in [-0.2, 0) is 17.8 Å². The van der Waals surface area contributed by atoms with E-state index in [4.69, 9.17) is 4.74 Å². The zero-order chi connectivity index (χ0) is 17.6. The standard InChI is InChI=1S/C19H26N4O2/c1-3-4-8-25-19-14(6-5-7-20-19)11-21-18(24)16-10-13(2)9-15-12-22-23-17(15)16/h5-7,12-13,16H,3-4,8-11H2,1-2H3,(H,21,24)(H,22,23). The summed E-state index contributed by atoms with van der Waals surface area (Å²) < 4.78 is 5.74. The van der Waals surface area contributed by atoms with E-state index in [1.165, 1.54) is 0 Å². The quantitative estimate of drug-likeness (QED) is 0.758. The second-order valence-corrected chi connectivity index (χ2v) is 6.79. The normalized spacial score (nSPS) is 19.3. The van der Waals surface area contributed by atoms with Crippen LogP contribution in [0.3, 0.4) is 0 Å². The summed E-state index contributed by atoms with van der Waals surface area (Å²) in [6.45, 7) is 5.36. The molecule has 6 nitrogen and oxygen atoms in total. The largest absolute Gasteiger partial charge is 0.477 e. The maximum absolute atomic E-state index is 12.7. The third kappa shape index (κ3) is 4.18. The van der Waals surface area contributed by atoms with Crippen molar-refractivity contribution in [2.45, 2.75) is 52.0 Å². The number of nitrogens with one attached hydrogen (secondary N) is 2. The molecule has 1 amide bonds. The number of unbranched alkanes of at least 4 members (excludes halogenated alkanes) is 1. The minimum atomic E-state index is -0.164. The van der Waals surface area contributed by atoms with Gasteiger partial charge >= 0.3 is 0 Å². The van der Waals surface area contributed by atoms with E-state index >= 15 is 0 Å². The van der Waals surface area contributed by atoms with E-state index in [0.717, 1.165) is 42.5 Å². The number of carbonyl (C=O) groups is 1. The van der Waals surface area contributed by atoms with Crippen LogP contribution < -0.4 is 10.1 Å². The third-order valence-electron chi connectivity index (χ3n) is 4.66. The number of nitrogens with zero attached hydrogens (tertiary/aromatic N) is 2. The number of hydrogen-bond acceptors (Lipinski definition) is 4. The van der Waals surface area contributed by atoms with Crippen molar-refractivity contribution in [2.75, 3.05) is 6.61 Å². The lowest BCUT2D eigenvalue weighted by Crippen LogP contribution is -2.33. The van der Waals surface area contributed by atoms with Gasteiger partial charge in [-0.25, -0.2) is 4.98 Å². The van der Waals surface area contributed by atoms with Crippen molar-refractivity contribution >= 4 is 5.91 Å². The molecule has 0 saturated carbocycles. The van der Waals surface area contributed by atoms with Gasteiger partial charge in [0.1, 0.15) is 0 Å². The predicted octanol–water partition coefficient (Wildman–Crippen LogP) is 2.97. The average Bonchev–Trinajstić information content (AvgIpc) is 3.08. The number of aromatic nitrogens is 3. The van der Waals surface area contributed by atoms with Crippen LogP contribution in [-0.4, -0.2) is 27.7 Å². The molecule has 2 N–H and O–H groups in total. The van der Waals surface area contributed by atoms with Crippen LogP contribution in [0, 0.1) is 5.92 Å². The number of H-pyrrole nitrogens is 1. The van der Waals surface area contributed by atoms with E-state index in [0.29, 0.717) is 24.9 Å². The van der Waals surface area contributed by atoms with Crippen LogP contribution in [0.15, 0.2) is 24.5 Å². The molecule has 1 aliphatic rings. The highest BCUT2D eigenvalue weighted by molar-refractivity contribution is 5.83. The second-order valence-electron chi connectivity index (χ2n) is 6.79. The van der Waals surface area contributed by atoms with Crippen molar-refractivity contribution in [1.82, 2.24) is 20.5 Å². The number of pyridine rings is 1. The van der Waals surface area contributed by atoms with Gasteiger partial charge in [0.25, 0.3) is 0 Å². The molecule has 0 fully saturated rings. The second kappa shape index (κ2) is 8.14. The Kier molecular flexibility index (Phi) is 5.68. The van der Waals surface area contributed by atoms with Crippen molar-refractivity contribution in [2.24, 2.45) is 5.92 Å². The van der Waals surface area contributed by atoms with Gasteiger partial charge < -0.3 is 10.1 Å². The average molecular weight is 342 g/mol. The van der Waals surface area contributed by atoms with Crippen LogP contribution in [0.5, 0.6) is 5.88 Å². The van der Waals surface area contributed by atoms with Crippen LogP contribution in [0.2, 0.25) is 0 Å². The molecule has 0 aliphatic heterocycles. The monoisotopic (exact) mass is 342 g/mol. The maximum Gasteiger partial charge on any atom is 0.229 e. The van der Waals surface area contributed by atoms with Crippen LogP contribution in [0.25, 0.3) is 0 Å². The summed E-state index contributed by atoms with van der Waals surface area (Å²) in [5, 5.41) is 10.2. The zero-order valence-corrected chi connectivity index (χ0v) is 14.9. The van der Waals surface area contributed by atoms with E-state index in [1.54, 1.807) is 6.20 Å². The number of carbonyl (C=O) groups excluding carboxylic acids is 1. The van der Waals surface area contributed by atoms with Gasteiger partial charge in [0.15, 0.2) is 0 Å². The molecule has 2 unspecified atom stereocenters. The molecule has 2 aromatic heterocycles. The summed E-state index contributed by atoms with van der Waals surface area (Å²) in [6, 6.07) is 3.81. The molecular formula is C19H26N4O2. The van der Waals surface area contributed by atoms with Crippen LogP contribution in [0.4, 0.5) is 0 Å². The van der Waals surface area contributed by atoms with Crippen molar-refractivity contribution in [1.29, 1.82) is 0 Å². The highest BCUT2D eigenvalue weighted by Crippen LogP contribution is 2.33. The SMILES string of the molecule is CCCCOc1ncccc1CNC(=O)C1CC(C)Cc2cn[nH]c21. The molecule has 2 heterocycles. The fraction of sp³-hybridized carbons (Fsp3) is 0.526. The molecule has 1 aliphatic carbocycles. The van der Waals surface area contributed by atoms with Gasteiger partial charge in [0.05, 0.1) is 24.4 Å². The minimum Gasteiger partial charge on any atom is -0.477 e. The lowest BCUT2D eigenvalue weighted by Gasteiger charge is -2.25. The summed E-state index contributed by atoms with van der Waals surface area (Å²) in [7, 11) is 0. The number of rotatable bonds is 7. The molecule has 0 spiro atoms. The number of ether oxygens (including phenoxy) is 1. The fourth-order valence-corrected chi connectivity index (χ4v) is 3.31. The van der Waals surface area contributed by atoms with Gasteiger partial charge in [-0.1, -0.05) is 26.3 Å². The predicted molar refractivity (Wildman–Crippen MR) is 95.3 cm³/mol. The van der Waals surface area contributed by atoms with Crippen molar-refractivity contribution in [3.05, 3.63) is 41.3 Å². The van der Waals surface area contributed by atoms with Gasteiger partial charge in [-0.2, -0.15) is 5.10 Å². The Morgan fingerprint density at radius 3 is 3.20 bits per heavy atom. The van der Waals surface area contributed by atoms with Gasteiger partial charge in [0.2, 0.25) is 11.8 Å². The lowest BCUT2D eigenvalue weighted by atomic mass is 9.81. The summed E-state index contributed by atoms with van der Waals surface area (Å²) in [6.07, 6.45) is 7.44. The summed E-state index contributed by atoms with van der Waals surface area (Å²) >= 11 is 0. The molecule has 3 rings (SSSR count). The number of aromatic amines is 1. The highest BCUT2D eigenvalue weighted by Gasteiger charge is 2.31. The van der Waals surface area contributed by atoms with E-state index < -0.39 is 0 Å². The Labute approximate surface area is 148 Å². The first-order valence-electron chi connectivity index (χ1n) is 9.05. The molecule has 25 heavy (non-hydrogen) atoms. The zero-order valence-electron chi connectivity index (χ0n) is 14.9. The Bertz CT molecular complexity index is 713. The van der Waals surface area contributed by atoms with Gasteiger partial charge in [-0.3, -0.25) is 9.89 Å². The van der Waals surface area contributed by atoms with Crippen molar-refractivity contribution in [3.63, 3.8) is 0 Å². The summed E-state index contributed by atoms with van der Waals surface area (Å²) in [5.41, 5.74) is 3.02. The Hall–Kier alpha value is -2.37. The van der Waals surface area contributed by atoms with Crippen LogP contribution in [0.1, 0.15) is 55.8 Å². The first-order valence-corrected chi connectivity index (χ1v) is 9.05. The van der Waals surface area contributed by atoms with E-state index in [1.807, 2.05) is 18.3 Å². The Morgan fingerprint density at radius 1 is 1.48 bits per heavy atom. The molecule has 2 aromatic rings. The molecule has 0 aromatic carbocycles. The molecule has 0 radical (unpaired) electrons. The number of fused-ring (bicyclic) bond motifs is 1. The number of hydrogen-bond donors (Lipinski definition) is 2. The molecule has 0 bridgehead atoms. The third-order valence-corrected chi connectivity index (χ3v) is 4.66. The molecule has 6 heteroatoms. The molecule has 0 saturated heterocycles. The first-order chi connectivity index (χ1) is 12.2.